The first-order chi connectivity index (χ1) is 8.93. The maximum Gasteiger partial charge on any atom is 0.124 e. The van der Waals surface area contributed by atoms with Crippen molar-refractivity contribution in [3.8, 4) is 0 Å². The molecule has 100 valence electrons. The van der Waals surface area contributed by atoms with Gasteiger partial charge in [-0.2, -0.15) is 5.10 Å². The van der Waals surface area contributed by atoms with E-state index in [1.54, 1.807) is 0 Å². The summed E-state index contributed by atoms with van der Waals surface area (Å²) in [6.07, 6.45) is 1.86. The second-order valence-corrected chi connectivity index (χ2v) is 5.00. The lowest BCUT2D eigenvalue weighted by atomic mass is 10.1. The molecule has 3 N–H and O–H groups in total. The molecule has 0 bridgehead atoms. The van der Waals surface area contributed by atoms with Crippen LogP contribution in [0.4, 0.5) is 5.82 Å². The number of hydrogen-bond acceptors (Lipinski definition) is 5. The van der Waals surface area contributed by atoms with Crippen molar-refractivity contribution < 1.29 is 4.74 Å². The molecule has 18 heavy (non-hydrogen) atoms. The largest absolute Gasteiger partial charge is 0.380 e. The van der Waals surface area contributed by atoms with Crippen molar-refractivity contribution in [2.75, 3.05) is 51.3 Å². The molecule has 1 atom stereocenters. The van der Waals surface area contributed by atoms with Gasteiger partial charge in [-0.05, 0) is 0 Å². The van der Waals surface area contributed by atoms with Crippen molar-refractivity contribution in [1.29, 1.82) is 0 Å². The average molecular weight is 251 g/mol. The van der Waals surface area contributed by atoms with Gasteiger partial charge in [0, 0.05) is 44.7 Å². The molecule has 0 amide bonds. The van der Waals surface area contributed by atoms with E-state index in [2.05, 4.69) is 25.7 Å². The van der Waals surface area contributed by atoms with Gasteiger partial charge in [0.25, 0.3) is 0 Å². The molecule has 0 radical (unpaired) electrons. The van der Waals surface area contributed by atoms with E-state index >= 15 is 0 Å². The molecule has 2 saturated heterocycles. The molecule has 6 nitrogen and oxygen atoms in total. The fourth-order valence-corrected chi connectivity index (χ4v) is 2.33. The summed E-state index contributed by atoms with van der Waals surface area (Å²) in [6.45, 7) is 6.60. The molecule has 3 rings (SSSR count). The summed E-state index contributed by atoms with van der Waals surface area (Å²) in [5, 5.41) is 14.5. The van der Waals surface area contributed by atoms with E-state index < -0.39 is 0 Å². The highest BCUT2D eigenvalue weighted by Crippen LogP contribution is 2.17. The Kier molecular flexibility index (Phi) is 3.78. The van der Waals surface area contributed by atoms with Gasteiger partial charge < -0.3 is 20.7 Å². The van der Waals surface area contributed by atoms with Crippen LogP contribution in [-0.4, -0.2) is 55.7 Å². The first-order valence-electron chi connectivity index (χ1n) is 6.70. The summed E-state index contributed by atoms with van der Waals surface area (Å²) in [5.41, 5.74) is 0. The van der Waals surface area contributed by atoms with Crippen LogP contribution < -0.4 is 16.0 Å². The zero-order valence-electron chi connectivity index (χ0n) is 10.6. The lowest BCUT2D eigenvalue weighted by molar-refractivity contribution is 0.127. The predicted octanol–water partition coefficient (Wildman–Crippen LogP) is -0.325. The molecule has 2 aliphatic heterocycles. The molecular formula is C12H21N5O. The third-order valence-corrected chi connectivity index (χ3v) is 3.56. The minimum atomic E-state index is 0.506. The van der Waals surface area contributed by atoms with E-state index in [0.29, 0.717) is 12.0 Å². The fraction of sp³-hybridized carbons (Fsp3) is 0.750. The van der Waals surface area contributed by atoms with E-state index in [0.717, 1.165) is 51.8 Å². The normalized spacial score (nSPS) is 25.4. The summed E-state index contributed by atoms with van der Waals surface area (Å²) in [5.74, 6) is 1.64. The van der Waals surface area contributed by atoms with Gasteiger partial charge in [0.05, 0.1) is 25.5 Å². The molecule has 0 saturated carbocycles. The maximum atomic E-state index is 5.55. The highest BCUT2D eigenvalue weighted by Gasteiger charge is 2.22. The second-order valence-electron chi connectivity index (χ2n) is 5.00. The van der Waals surface area contributed by atoms with Crippen molar-refractivity contribution in [1.82, 2.24) is 20.4 Å². The first kappa shape index (κ1) is 12.0. The highest BCUT2D eigenvalue weighted by molar-refractivity contribution is 5.35. The lowest BCUT2D eigenvalue weighted by Gasteiger charge is -2.29. The van der Waals surface area contributed by atoms with Gasteiger partial charge in [-0.25, -0.2) is 4.68 Å². The van der Waals surface area contributed by atoms with E-state index in [1.807, 2.05) is 12.3 Å². The number of ether oxygens (including phenoxy) is 1. The van der Waals surface area contributed by atoms with E-state index in [-0.39, 0.29) is 0 Å². The average Bonchev–Trinajstić information content (AvgIpc) is 2.61. The molecule has 1 aromatic rings. The monoisotopic (exact) mass is 251 g/mol. The SMILES string of the molecule is c1cc(NCC2CNCCOC2)n(C2CNC2)n1. The first-order valence-corrected chi connectivity index (χ1v) is 6.70. The Balaban J connectivity index is 1.54. The molecule has 1 aromatic heterocycles. The van der Waals surface area contributed by atoms with Crippen molar-refractivity contribution in [2.45, 2.75) is 6.04 Å². The summed E-state index contributed by atoms with van der Waals surface area (Å²) >= 11 is 0. The molecule has 2 fully saturated rings. The summed E-state index contributed by atoms with van der Waals surface area (Å²) in [4.78, 5) is 0. The number of rotatable bonds is 4. The Morgan fingerprint density at radius 3 is 3.17 bits per heavy atom. The molecular weight excluding hydrogens is 230 g/mol. The van der Waals surface area contributed by atoms with Crippen molar-refractivity contribution in [3.05, 3.63) is 12.3 Å². The van der Waals surface area contributed by atoms with Gasteiger partial charge in [-0.3, -0.25) is 0 Å². The van der Waals surface area contributed by atoms with Crippen molar-refractivity contribution in [3.63, 3.8) is 0 Å². The molecule has 0 spiro atoms. The van der Waals surface area contributed by atoms with E-state index in [4.69, 9.17) is 4.74 Å². The Morgan fingerprint density at radius 2 is 2.33 bits per heavy atom. The summed E-state index contributed by atoms with van der Waals surface area (Å²) in [6, 6.07) is 2.55. The lowest BCUT2D eigenvalue weighted by Crippen LogP contribution is -2.44. The Bertz CT molecular complexity index is 368. The number of nitrogens with zero attached hydrogens (tertiary/aromatic N) is 2. The quantitative estimate of drug-likeness (QED) is 0.684. The van der Waals surface area contributed by atoms with Crippen LogP contribution in [-0.2, 0) is 4.74 Å². The van der Waals surface area contributed by atoms with Crippen LogP contribution in [0.3, 0.4) is 0 Å². The van der Waals surface area contributed by atoms with Gasteiger partial charge in [-0.1, -0.05) is 0 Å². The van der Waals surface area contributed by atoms with Gasteiger partial charge in [0.2, 0.25) is 0 Å². The van der Waals surface area contributed by atoms with Crippen LogP contribution in [0.1, 0.15) is 6.04 Å². The molecule has 6 heteroatoms. The van der Waals surface area contributed by atoms with Crippen molar-refractivity contribution in [2.24, 2.45) is 5.92 Å². The van der Waals surface area contributed by atoms with Crippen LogP contribution in [0, 0.1) is 5.92 Å². The number of anilines is 1. The van der Waals surface area contributed by atoms with Crippen LogP contribution in [0.2, 0.25) is 0 Å². The minimum Gasteiger partial charge on any atom is -0.380 e. The van der Waals surface area contributed by atoms with Gasteiger partial charge in [0.15, 0.2) is 0 Å². The molecule has 0 aliphatic carbocycles. The summed E-state index contributed by atoms with van der Waals surface area (Å²) < 4.78 is 7.64. The fourth-order valence-electron chi connectivity index (χ4n) is 2.33. The van der Waals surface area contributed by atoms with Gasteiger partial charge >= 0.3 is 0 Å². The maximum absolute atomic E-state index is 5.55. The predicted molar refractivity (Wildman–Crippen MR) is 69.8 cm³/mol. The number of aromatic nitrogens is 2. The summed E-state index contributed by atoms with van der Waals surface area (Å²) in [7, 11) is 0. The Morgan fingerprint density at radius 1 is 1.39 bits per heavy atom. The number of hydrogen-bond donors (Lipinski definition) is 3. The third kappa shape index (κ3) is 2.66. The van der Waals surface area contributed by atoms with E-state index in [9.17, 15) is 0 Å². The van der Waals surface area contributed by atoms with Crippen LogP contribution >= 0.6 is 0 Å². The molecule has 0 aromatic carbocycles. The Hall–Kier alpha value is -1.11. The zero-order valence-corrected chi connectivity index (χ0v) is 10.6. The van der Waals surface area contributed by atoms with Crippen LogP contribution in [0.15, 0.2) is 12.3 Å². The van der Waals surface area contributed by atoms with Gasteiger partial charge in [-0.15, -0.1) is 0 Å². The number of nitrogens with one attached hydrogen (secondary N) is 3. The van der Waals surface area contributed by atoms with Crippen LogP contribution in [0.5, 0.6) is 0 Å². The third-order valence-electron chi connectivity index (χ3n) is 3.56. The Labute approximate surface area is 107 Å². The molecule has 3 heterocycles. The standard InChI is InChI=1S/C12H21N5O/c1-2-16-17(11-7-14-8-11)12(1)15-6-10-5-13-3-4-18-9-10/h1-2,10-11,13-15H,3-9H2. The highest BCUT2D eigenvalue weighted by atomic mass is 16.5. The molecule has 2 aliphatic rings. The van der Waals surface area contributed by atoms with Crippen molar-refractivity contribution >= 4 is 5.82 Å². The van der Waals surface area contributed by atoms with Gasteiger partial charge in [0.1, 0.15) is 5.82 Å². The molecule has 1 unspecified atom stereocenters. The zero-order chi connectivity index (χ0) is 12.2. The van der Waals surface area contributed by atoms with Crippen LogP contribution in [0.25, 0.3) is 0 Å². The van der Waals surface area contributed by atoms with E-state index in [1.165, 1.54) is 0 Å². The second kappa shape index (κ2) is 5.69. The minimum absolute atomic E-state index is 0.506. The topological polar surface area (TPSA) is 63.1 Å². The smallest absolute Gasteiger partial charge is 0.124 e.